The van der Waals surface area contributed by atoms with Crippen LogP contribution in [0.4, 0.5) is 5.69 Å². The lowest BCUT2D eigenvalue weighted by molar-refractivity contribution is -0.143. The van der Waals surface area contributed by atoms with E-state index in [4.69, 9.17) is 4.74 Å². The maximum Gasteiger partial charge on any atom is 0.302 e. The summed E-state index contributed by atoms with van der Waals surface area (Å²) >= 11 is 0. The standard InChI is InChI=1S/C23H28N2O2/c1-15-21-9-6-11-25-12-10-22(20(21)25)18-7-4-5-8-19(18)24(3)23(15,22)17(13-21)14-27-16(2)26/h4-9,15,17,20H,10-14H2,1-3H3. The van der Waals surface area contributed by atoms with Gasteiger partial charge in [-0.1, -0.05) is 37.3 Å². The smallest absolute Gasteiger partial charge is 0.302 e. The molecule has 4 nitrogen and oxygen atoms in total. The van der Waals surface area contributed by atoms with E-state index < -0.39 is 0 Å². The van der Waals surface area contributed by atoms with Crippen molar-refractivity contribution in [2.75, 3.05) is 31.6 Å². The molecule has 3 aliphatic heterocycles. The molecule has 3 fully saturated rings. The summed E-state index contributed by atoms with van der Waals surface area (Å²) < 4.78 is 5.65. The molecule has 4 heteroatoms. The van der Waals surface area contributed by atoms with Crippen LogP contribution in [0.3, 0.4) is 0 Å². The number of hydrogen-bond acceptors (Lipinski definition) is 4. The molecule has 5 aliphatic rings. The largest absolute Gasteiger partial charge is 0.465 e. The minimum Gasteiger partial charge on any atom is -0.465 e. The highest BCUT2D eigenvalue weighted by atomic mass is 16.5. The monoisotopic (exact) mass is 364 g/mol. The van der Waals surface area contributed by atoms with Crippen molar-refractivity contribution in [2.45, 2.75) is 43.7 Å². The molecule has 6 unspecified atom stereocenters. The Morgan fingerprint density at radius 2 is 2.15 bits per heavy atom. The number of hydrogen-bond donors (Lipinski definition) is 0. The second-order valence-electron chi connectivity index (χ2n) is 9.46. The Labute approximate surface area is 161 Å². The minimum absolute atomic E-state index is 0.0280. The zero-order valence-corrected chi connectivity index (χ0v) is 16.4. The average Bonchev–Trinajstić information content (AvgIpc) is 3.30. The first-order valence-electron chi connectivity index (χ1n) is 10.4. The van der Waals surface area contributed by atoms with Crippen LogP contribution in [-0.2, 0) is 14.9 Å². The van der Waals surface area contributed by atoms with Gasteiger partial charge >= 0.3 is 5.97 Å². The highest BCUT2D eigenvalue weighted by molar-refractivity contribution is 5.73. The molecular formula is C23H28N2O2. The van der Waals surface area contributed by atoms with E-state index in [9.17, 15) is 4.79 Å². The third kappa shape index (κ3) is 1.43. The molecular weight excluding hydrogens is 336 g/mol. The zero-order valence-electron chi connectivity index (χ0n) is 16.4. The molecule has 1 aromatic rings. The molecule has 27 heavy (non-hydrogen) atoms. The highest BCUT2D eigenvalue weighted by Gasteiger charge is 2.85. The SMILES string of the molecule is CC(=O)OCC1CC23C=CCN4CCC5(c6ccccc6N(C)C15C2C)C43. The number of ether oxygens (including phenoxy) is 1. The lowest BCUT2D eigenvalue weighted by atomic mass is 9.57. The fourth-order valence-corrected chi connectivity index (χ4v) is 8.75. The number of benzene rings is 1. The van der Waals surface area contributed by atoms with Crippen LogP contribution in [0.2, 0.25) is 0 Å². The van der Waals surface area contributed by atoms with Crippen LogP contribution >= 0.6 is 0 Å². The number of carbonyl (C=O) groups is 1. The predicted molar refractivity (Wildman–Crippen MR) is 105 cm³/mol. The molecule has 2 saturated carbocycles. The summed E-state index contributed by atoms with van der Waals surface area (Å²) in [6.07, 6.45) is 7.29. The number of fused-ring (bicyclic) bond motifs is 1. The first kappa shape index (κ1) is 16.2. The molecule has 3 spiro atoms. The third-order valence-corrected chi connectivity index (χ3v) is 9.09. The second kappa shape index (κ2) is 4.78. The molecule has 142 valence electrons. The molecule has 0 radical (unpaired) electrons. The molecule has 6 atom stereocenters. The van der Waals surface area contributed by atoms with Crippen molar-refractivity contribution in [2.24, 2.45) is 17.3 Å². The fraction of sp³-hybridized carbons (Fsp3) is 0.609. The fourth-order valence-electron chi connectivity index (χ4n) is 8.75. The van der Waals surface area contributed by atoms with E-state index in [2.05, 4.69) is 60.2 Å². The van der Waals surface area contributed by atoms with E-state index in [0.717, 1.165) is 13.0 Å². The Balaban J connectivity index is 1.63. The van der Waals surface area contributed by atoms with Gasteiger partial charge in [-0.2, -0.15) is 0 Å². The summed E-state index contributed by atoms with van der Waals surface area (Å²) in [7, 11) is 2.30. The van der Waals surface area contributed by atoms with Crippen molar-refractivity contribution in [3.05, 3.63) is 42.0 Å². The normalized spacial score (nSPS) is 45.7. The Bertz CT molecular complexity index is 881. The molecule has 0 aromatic heterocycles. The van der Waals surface area contributed by atoms with Crippen LogP contribution in [0.25, 0.3) is 0 Å². The number of para-hydroxylation sites is 1. The number of rotatable bonds is 2. The first-order chi connectivity index (χ1) is 13.0. The molecule has 2 aliphatic carbocycles. The van der Waals surface area contributed by atoms with Gasteiger partial charge in [0.25, 0.3) is 0 Å². The molecule has 1 aromatic carbocycles. The second-order valence-corrected chi connectivity index (χ2v) is 9.46. The van der Waals surface area contributed by atoms with Crippen LogP contribution < -0.4 is 4.90 Å². The lowest BCUT2D eigenvalue weighted by Gasteiger charge is -2.53. The van der Waals surface area contributed by atoms with Crippen LogP contribution in [0.15, 0.2) is 36.4 Å². The van der Waals surface area contributed by atoms with E-state index in [0.29, 0.717) is 24.5 Å². The van der Waals surface area contributed by atoms with Crippen LogP contribution in [0.1, 0.15) is 32.3 Å². The molecule has 0 amide bonds. The average molecular weight is 364 g/mol. The lowest BCUT2D eigenvalue weighted by Crippen LogP contribution is -2.65. The van der Waals surface area contributed by atoms with Gasteiger partial charge in [0.05, 0.1) is 12.1 Å². The van der Waals surface area contributed by atoms with Crippen LogP contribution in [0, 0.1) is 17.3 Å². The summed E-state index contributed by atoms with van der Waals surface area (Å²) in [6, 6.07) is 9.64. The van der Waals surface area contributed by atoms with Gasteiger partial charge in [-0.3, -0.25) is 9.69 Å². The zero-order chi connectivity index (χ0) is 18.6. The van der Waals surface area contributed by atoms with E-state index in [1.165, 1.54) is 31.1 Å². The van der Waals surface area contributed by atoms with Crippen LogP contribution in [-0.4, -0.2) is 49.2 Å². The van der Waals surface area contributed by atoms with Gasteiger partial charge in [0, 0.05) is 49.0 Å². The van der Waals surface area contributed by atoms with Crippen molar-refractivity contribution in [3.63, 3.8) is 0 Å². The number of likely N-dealkylation sites (N-methyl/N-ethyl adjacent to an activating group) is 1. The van der Waals surface area contributed by atoms with Gasteiger partial charge in [-0.25, -0.2) is 0 Å². The minimum atomic E-state index is -0.157. The summed E-state index contributed by atoms with van der Waals surface area (Å²) in [4.78, 5) is 17.0. The summed E-state index contributed by atoms with van der Waals surface area (Å²) in [6.45, 7) is 6.81. The molecule has 3 heterocycles. The van der Waals surface area contributed by atoms with E-state index in [1.807, 2.05) is 0 Å². The number of carbonyl (C=O) groups excluding carboxylic acids is 1. The van der Waals surface area contributed by atoms with Gasteiger partial charge in [-0.05, 0) is 36.9 Å². The summed E-state index contributed by atoms with van der Waals surface area (Å²) in [5.41, 5.74) is 3.30. The maximum atomic E-state index is 11.7. The van der Waals surface area contributed by atoms with Gasteiger partial charge in [0.2, 0.25) is 0 Å². The molecule has 1 saturated heterocycles. The quantitative estimate of drug-likeness (QED) is 0.597. The Hall–Kier alpha value is -1.81. The topological polar surface area (TPSA) is 32.8 Å². The van der Waals surface area contributed by atoms with Crippen molar-refractivity contribution in [1.82, 2.24) is 4.90 Å². The Kier molecular flexibility index (Phi) is 2.86. The number of anilines is 1. The van der Waals surface area contributed by atoms with Gasteiger partial charge in [0.1, 0.15) is 0 Å². The maximum absolute atomic E-state index is 11.7. The van der Waals surface area contributed by atoms with E-state index in [1.54, 1.807) is 0 Å². The number of nitrogens with zero attached hydrogens (tertiary/aromatic N) is 2. The summed E-state index contributed by atoms with van der Waals surface area (Å²) in [5.74, 6) is 0.746. The molecule has 2 bridgehead atoms. The summed E-state index contributed by atoms with van der Waals surface area (Å²) in [5, 5.41) is 0. The van der Waals surface area contributed by atoms with Crippen molar-refractivity contribution in [1.29, 1.82) is 0 Å². The van der Waals surface area contributed by atoms with E-state index >= 15 is 0 Å². The molecule has 0 N–H and O–H groups in total. The van der Waals surface area contributed by atoms with Gasteiger partial charge in [0.15, 0.2) is 0 Å². The Morgan fingerprint density at radius 3 is 2.96 bits per heavy atom. The van der Waals surface area contributed by atoms with Crippen molar-refractivity contribution in [3.8, 4) is 0 Å². The van der Waals surface area contributed by atoms with Crippen molar-refractivity contribution < 1.29 is 9.53 Å². The van der Waals surface area contributed by atoms with Crippen molar-refractivity contribution >= 4 is 11.7 Å². The highest BCUT2D eigenvalue weighted by Crippen LogP contribution is 2.80. The molecule has 6 rings (SSSR count). The number of esters is 1. The predicted octanol–water partition coefficient (Wildman–Crippen LogP) is 2.98. The third-order valence-electron chi connectivity index (χ3n) is 9.09. The van der Waals surface area contributed by atoms with Crippen LogP contribution in [0.5, 0.6) is 0 Å². The van der Waals surface area contributed by atoms with E-state index in [-0.39, 0.29) is 22.3 Å². The van der Waals surface area contributed by atoms with Gasteiger partial charge < -0.3 is 9.64 Å². The first-order valence-corrected chi connectivity index (χ1v) is 10.4. The van der Waals surface area contributed by atoms with Gasteiger partial charge in [-0.15, -0.1) is 0 Å². The Morgan fingerprint density at radius 1 is 1.33 bits per heavy atom.